The Kier molecular flexibility index (Phi) is 11.1. The Bertz CT molecular complexity index is 246. The fourth-order valence-electron chi connectivity index (χ4n) is 1.30. The molecule has 0 saturated carbocycles. The quantitative estimate of drug-likeness (QED) is 0.410. The Labute approximate surface area is 99.9 Å². The molecule has 0 bridgehead atoms. The van der Waals surface area contributed by atoms with Crippen LogP contribution >= 0.6 is 0 Å². The number of allylic oxidation sites excluding steroid dienone is 6. The van der Waals surface area contributed by atoms with Crippen LogP contribution in [0.5, 0.6) is 0 Å². The van der Waals surface area contributed by atoms with Crippen LogP contribution in [0.4, 0.5) is 0 Å². The van der Waals surface area contributed by atoms with Gasteiger partial charge in [-0.05, 0) is 39.0 Å². The van der Waals surface area contributed by atoms with Gasteiger partial charge < -0.3 is 4.79 Å². The molecule has 0 rings (SSSR count). The lowest BCUT2D eigenvalue weighted by Gasteiger charge is -1.90. The summed E-state index contributed by atoms with van der Waals surface area (Å²) in [5.74, 6) is 0.288. The van der Waals surface area contributed by atoms with Crippen molar-refractivity contribution in [3.63, 3.8) is 0 Å². The molecule has 90 valence electrons. The number of rotatable bonds is 9. The molecule has 1 heteroatoms. The summed E-state index contributed by atoms with van der Waals surface area (Å²) in [5, 5.41) is 0. The van der Waals surface area contributed by atoms with Crippen LogP contribution in [-0.2, 0) is 4.79 Å². The maximum Gasteiger partial charge on any atom is 0.129 e. The van der Waals surface area contributed by atoms with Gasteiger partial charge in [0.05, 0.1) is 0 Å². The number of hydrogen-bond acceptors (Lipinski definition) is 1. The second-order valence-corrected chi connectivity index (χ2v) is 3.89. The third-order valence-electron chi connectivity index (χ3n) is 2.18. The first-order chi connectivity index (χ1) is 7.77. The van der Waals surface area contributed by atoms with E-state index in [1.54, 1.807) is 6.92 Å². The molecule has 0 unspecified atom stereocenters. The second-order valence-electron chi connectivity index (χ2n) is 3.89. The van der Waals surface area contributed by atoms with Gasteiger partial charge in [0.25, 0.3) is 0 Å². The van der Waals surface area contributed by atoms with E-state index in [1.807, 2.05) is 0 Å². The third-order valence-corrected chi connectivity index (χ3v) is 2.18. The molecule has 0 spiro atoms. The van der Waals surface area contributed by atoms with Gasteiger partial charge in [-0.2, -0.15) is 0 Å². The highest BCUT2D eigenvalue weighted by Crippen LogP contribution is 1.99. The molecule has 0 aliphatic rings. The highest BCUT2D eigenvalue weighted by atomic mass is 16.1. The average Bonchev–Trinajstić information content (AvgIpc) is 2.25. The average molecular weight is 220 g/mol. The van der Waals surface area contributed by atoms with Crippen LogP contribution in [-0.4, -0.2) is 5.78 Å². The van der Waals surface area contributed by atoms with Crippen molar-refractivity contribution < 1.29 is 4.79 Å². The van der Waals surface area contributed by atoms with Crippen LogP contribution in [0.15, 0.2) is 36.5 Å². The van der Waals surface area contributed by atoms with Crippen molar-refractivity contribution in [1.82, 2.24) is 0 Å². The molecule has 0 fully saturated rings. The van der Waals surface area contributed by atoms with E-state index in [0.717, 1.165) is 32.1 Å². The first-order valence-electron chi connectivity index (χ1n) is 6.21. The van der Waals surface area contributed by atoms with Crippen LogP contribution < -0.4 is 0 Å². The number of hydrogen-bond donors (Lipinski definition) is 0. The normalized spacial score (nSPS) is 12.1. The Balaban J connectivity index is 3.33. The second kappa shape index (κ2) is 12.0. The molecule has 0 atom stereocenters. The fraction of sp³-hybridized carbons (Fsp3) is 0.533. The molecule has 16 heavy (non-hydrogen) atoms. The predicted octanol–water partition coefficient (Wildman–Crippen LogP) is 4.60. The van der Waals surface area contributed by atoms with Crippen molar-refractivity contribution in [3.05, 3.63) is 36.5 Å². The SMILES string of the molecule is CC/C=C/C/C=C/C/C=C/CCCC(C)=O. The number of unbranched alkanes of at least 4 members (excludes halogenated alkanes) is 1. The summed E-state index contributed by atoms with van der Waals surface area (Å²) in [5.41, 5.74) is 0. The van der Waals surface area contributed by atoms with Crippen LogP contribution in [0.25, 0.3) is 0 Å². The van der Waals surface area contributed by atoms with Crippen molar-refractivity contribution >= 4 is 5.78 Å². The highest BCUT2D eigenvalue weighted by molar-refractivity contribution is 5.75. The zero-order chi connectivity index (χ0) is 12.1. The number of carbonyl (C=O) groups excluding carboxylic acids is 1. The van der Waals surface area contributed by atoms with Crippen LogP contribution in [0.2, 0.25) is 0 Å². The minimum Gasteiger partial charge on any atom is -0.300 e. The largest absolute Gasteiger partial charge is 0.300 e. The summed E-state index contributed by atoms with van der Waals surface area (Å²) in [6.45, 7) is 3.79. The Morgan fingerprint density at radius 2 is 1.50 bits per heavy atom. The van der Waals surface area contributed by atoms with E-state index in [0.29, 0.717) is 6.42 Å². The third kappa shape index (κ3) is 12.9. The summed E-state index contributed by atoms with van der Waals surface area (Å²) >= 11 is 0. The van der Waals surface area contributed by atoms with Gasteiger partial charge in [0.2, 0.25) is 0 Å². The van der Waals surface area contributed by atoms with Gasteiger partial charge in [0, 0.05) is 6.42 Å². The molecule has 0 heterocycles. The van der Waals surface area contributed by atoms with Gasteiger partial charge in [-0.15, -0.1) is 0 Å². The van der Waals surface area contributed by atoms with E-state index in [4.69, 9.17) is 0 Å². The molecule has 0 radical (unpaired) electrons. The van der Waals surface area contributed by atoms with E-state index in [1.165, 1.54) is 0 Å². The maximum atomic E-state index is 10.7. The van der Waals surface area contributed by atoms with Crippen LogP contribution in [0, 0.1) is 0 Å². The summed E-state index contributed by atoms with van der Waals surface area (Å²) in [6, 6.07) is 0. The van der Waals surface area contributed by atoms with Gasteiger partial charge in [0.15, 0.2) is 0 Å². The monoisotopic (exact) mass is 220 g/mol. The molecule has 0 aromatic rings. The molecule has 0 amide bonds. The molecule has 1 nitrogen and oxygen atoms in total. The van der Waals surface area contributed by atoms with E-state index in [2.05, 4.69) is 43.4 Å². The minimum atomic E-state index is 0.288. The molecule has 0 aliphatic heterocycles. The topological polar surface area (TPSA) is 17.1 Å². The lowest BCUT2D eigenvalue weighted by molar-refractivity contribution is -0.117. The van der Waals surface area contributed by atoms with E-state index in [-0.39, 0.29) is 5.78 Å². The first kappa shape index (κ1) is 14.9. The maximum absolute atomic E-state index is 10.7. The summed E-state index contributed by atoms with van der Waals surface area (Å²) < 4.78 is 0. The number of Topliss-reactive ketones (excluding diaryl/α,β-unsaturated/α-hetero) is 1. The van der Waals surface area contributed by atoms with Crippen molar-refractivity contribution in [2.24, 2.45) is 0 Å². The summed E-state index contributed by atoms with van der Waals surface area (Å²) in [6.07, 6.45) is 18.9. The van der Waals surface area contributed by atoms with E-state index < -0.39 is 0 Å². The Hall–Kier alpha value is -1.11. The van der Waals surface area contributed by atoms with Gasteiger partial charge >= 0.3 is 0 Å². The lowest BCUT2D eigenvalue weighted by Crippen LogP contribution is -1.87. The molecule has 0 aromatic heterocycles. The number of ketones is 1. The van der Waals surface area contributed by atoms with Crippen LogP contribution in [0.1, 0.15) is 52.4 Å². The minimum absolute atomic E-state index is 0.288. The molecular weight excluding hydrogens is 196 g/mol. The van der Waals surface area contributed by atoms with Gasteiger partial charge in [0.1, 0.15) is 5.78 Å². The Morgan fingerprint density at radius 1 is 0.938 bits per heavy atom. The van der Waals surface area contributed by atoms with E-state index >= 15 is 0 Å². The van der Waals surface area contributed by atoms with Crippen molar-refractivity contribution in [2.75, 3.05) is 0 Å². The number of carbonyl (C=O) groups is 1. The van der Waals surface area contributed by atoms with E-state index in [9.17, 15) is 4.79 Å². The van der Waals surface area contributed by atoms with Gasteiger partial charge in [-0.1, -0.05) is 43.4 Å². The first-order valence-corrected chi connectivity index (χ1v) is 6.21. The molecule has 0 N–H and O–H groups in total. The van der Waals surface area contributed by atoms with Crippen LogP contribution in [0.3, 0.4) is 0 Å². The smallest absolute Gasteiger partial charge is 0.129 e. The fourth-order valence-corrected chi connectivity index (χ4v) is 1.30. The molecule has 0 aliphatic carbocycles. The zero-order valence-electron chi connectivity index (χ0n) is 10.6. The lowest BCUT2D eigenvalue weighted by atomic mass is 10.2. The Morgan fingerprint density at radius 3 is 2.06 bits per heavy atom. The van der Waals surface area contributed by atoms with Crippen molar-refractivity contribution in [1.29, 1.82) is 0 Å². The summed E-state index contributed by atoms with van der Waals surface area (Å²) in [4.78, 5) is 10.7. The highest BCUT2D eigenvalue weighted by Gasteiger charge is 1.89. The molecular formula is C15H24O. The van der Waals surface area contributed by atoms with Gasteiger partial charge in [-0.3, -0.25) is 0 Å². The molecule has 0 saturated heterocycles. The van der Waals surface area contributed by atoms with Gasteiger partial charge in [-0.25, -0.2) is 0 Å². The molecule has 0 aromatic carbocycles. The standard InChI is InChI=1S/C15H24O/c1-3-4-5-6-7-8-9-10-11-12-13-14-15(2)16/h4-5,7-8,10-11H,3,6,9,12-14H2,1-2H3/b5-4+,8-7+,11-10+. The predicted molar refractivity (Wildman–Crippen MR) is 71.5 cm³/mol. The van der Waals surface area contributed by atoms with Crippen molar-refractivity contribution in [3.8, 4) is 0 Å². The summed E-state index contributed by atoms with van der Waals surface area (Å²) in [7, 11) is 0. The zero-order valence-corrected chi connectivity index (χ0v) is 10.6. The van der Waals surface area contributed by atoms with Crippen molar-refractivity contribution in [2.45, 2.75) is 52.4 Å².